The van der Waals surface area contributed by atoms with E-state index < -0.39 is 6.04 Å². The number of nitrogens with one attached hydrogen (secondary N) is 2. The molecule has 2 aliphatic rings. The highest BCUT2D eigenvalue weighted by Gasteiger charge is 2.51. The maximum atomic E-state index is 13.1. The maximum absolute atomic E-state index is 13.1. The molecule has 1 fully saturated rings. The highest BCUT2D eigenvalue weighted by molar-refractivity contribution is 6.10. The summed E-state index contributed by atoms with van der Waals surface area (Å²) in [6.45, 7) is 5.34. The number of benzene rings is 1. The van der Waals surface area contributed by atoms with Gasteiger partial charge in [0.1, 0.15) is 6.04 Å². The molecule has 3 unspecified atom stereocenters. The van der Waals surface area contributed by atoms with Gasteiger partial charge in [0.25, 0.3) is 0 Å². The van der Waals surface area contributed by atoms with Gasteiger partial charge in [0, 0.05) is 18.3 Å². The van der Waals surface area contributed by atoms with E-state index in [2.05, 4.69) is 10.6 Å². The van der Waals surface area contributed by atoms with Crippen LogP contribution in [-0.4, -0.2) is 34.6 Å². The van der Waals surface area contributed by atoms with Crippen LogP contribution in [0.2, 0.25) is 0 Å². The second-order valence-corrected chi connectivity index (χ2v) is 8.10. The molecule has 1 saturated heterocycles. The number of allylic oxidation sites excluding steroid dienone is 2. The monoisotopic (exact) mass is 397 g/mol. The summed E-state index contributed by atoms with van der Waals surface area (Å²) < 4.78 is 0. The molecule has 4 amide bonds. The molecule has 154 valence electrons. The Hall–Kier alpha value is -2.96. The van der Waals surface area contributed by atoms with E-state index in [1.165, 1.54) is 11.8 Å². The molecule has 29 heavy (non-hydrogen) atoms. The second-order valence-electron chi connectivity index (χ2n) is 8.10. The van der Waals surface area contributed by atoms with Gasteiger partial charge in [-0.15, -0.1) is 0 Å². The molecular formula is C22H27N3O4. The van der Waals surface area contributed by atoms with Crippen LogP contribution < -0.4 is 10.6 Å². The van der Waals surface area contributed by atoms with Crippen molar-refractivity contribution in [3.8, 4) is 0 Å². The summed E-state index contributed by atoms with van der Waals surface area (Å²) >= 11 is 0. The topological polar surface area (TPSA) is 95.6 Å². The fourth-order valence-electron chi connectivity index (χ4n) is 3.98. The Bertz CT molecular complexity index is 818. The summed E-state index contributed by atoms with van der Waals surface area (Å²) in [6, 6.07) is 5.87. The predicted octanol–water partition coefficient (Wildman–Crippen LogP) is 2.95. The van der Waals surface area contributed by atoms with Gasteiger partial charge in [0.2, 0.25) is 23.6 Å². The van der Waals surface area contributed by atoms with E-state index in [-0.39, 0.29) is 41.4 Å². The third kappa shape index (κ3) is 4.55. The number of carbonyl (C=O) groups excluding carboxylic acids is 4. The minimum atomic E-state index is -0.837. The van der Waals surface area contributed by atoms with E-state index in [4.69, 9.17) is 0 Å². The van der Waals surface area contributed by atoms with Crippen LogP contribution in [0, 0.1) is 17.8 Å². The van der Waals surface area contributed by atoms with Crippen LogP contribution in [0.15, 0.2) is 36.4 Å². The zero-order valence-corrected chi connectivity index (χ0v) is 17.0. The smallest absolute Gasteiger partial charge is 0.247 e. The molecule has 0 bridgehead atoms. The number of nitrogens with zero attached hydrogens (tertiary/aromatic N) is 1. The van der Waals surface area contributed by atoms with Gasteiger partial charge in [0.15, 0.2) is 0 Å². The minimum Gasteiger partial charge on any atom is -0.326 e. The number of imide groups is 1. The maximum Gasteiger partial charge on any atom is 0.247 e. The number of carbonyl (C=O) groups is 4. The van der Waals surface area contributed by atoms with Crippen LogP contribution in [0.5, 0.6) is 0 Å². The minimum absolute atomic E-state index is 0.134. The molecular weight excluding hydrogens is 370 g/mol. The lowest BCUT2D eigenvalue weighted by Gasteiger charge is -2.27. The largest absolute Gasteiger partial charge is 0.326 e. The van der Waals surface area contributed by atoms with E-state index in [1.54, 1.807) is 24.3 Å². The van der Waals surface area contributed by atoms with E-state index in [0.29, 0.717) is 30.6 Å². The molecule has 1 aromatic carbocycles. The number of likely N-dealkylation sites (tertiary alicyclic amines) is 1. The van der Waals surface area contributed by atoms with Crippen molar-refractivity contribution in [1.82, 2.24) is 4.90 Å². The molecule has 7 heteroatoms. The van der Waals surface area contributed by atoms with Gasteiger partial charge < -0.3 is 10.6 Å². The van der Waals surface area contributed by atoms with Crippen LogP contribution in [0.1, 0.15) is 40.0 Å². The van der Waals surface area contributed by atoms with Gasteiger partial charge in [-0.25, -0.2) is 0 Å². The lowest BCUT2D eigenvalue weighted by atomic mass is 9.85. The molecule has 3 rings (SSSR count). The van der Waals surface area contributed by atoms with E-state index >= 15 is 0 Å². The second kappa shape index (κ2) is 8.59. The van der Waals surface area contributed by atoms with Gasteiger partial charge in [-0.05, 0) is 49.4 Å². The van der Waals surface area contributed by atoms with Crippen molar-refractivity contribution in [2.45, 2.75) is 46.1 Å². The zero-order chi connectivity index (χ0) is 21.1. The van der Waals surface area contributed by atoms with Crippen LogP contribution in [0.4, 0.5) is 11.4 Å². The molecule has 0 radical (unpaired) electrons. The van der Waals surface area contributed by atoms with Crippen LogP contribution in [0.3, 0.4) is 0 Å². The number of hydrogen-bond acceptors (Lipinski definition) is 4. The summed E-state index contributed by atoms with van der Waals surface area (Å²) in [5, 5.41) is 5.48. The van der Waals surface area contributed by atoms with Gasteiger partial charge in [-0.3, -0.25) is 24.1 Å². The molecule has 1 heterocycles. The van der Waals surface area contributed by atoms with Crippen molar-refractivity contribution in [3.05, 3.63) is 36.4 Å². The number of rotatable bonds is 6. The van der Waals surface area contributed by atoms with E-state index in [0.717, 1.165) is 0 Å². The van der Waals surface area contributed by atoms with Crippen molar-refractivity contribution < 1.29 is 19.2 Å². The van der Waals surface area contributed by atoms with Crippen molar-refractivity contribution in [1.29, 1.82) is 0 Å². The summed E-state index contributed by atoms with van der Waals surface area (Å²) in [6.07, 6.45) is 5.37. The third-order valence-electron chi connectivity index (χ3n) is 5.32. The average Bonchev–Trinajstić information content (AvgIpc) is 2.92. The normalized spacial score (nSPS) is 21.9. The highest BCUT2D eigenvalue weighted by Crippen LogP contribution is 2.37. The molecule has 0 spiro atoms. The molecule has 1 aromatic rings. The molecule has 0 aromatic heterocycles. The Morgan fingerprint density at radius 2 is 1.45 bits per heavy atom. The Labute approximate surface area is 170 Å². The Morgan fingerprint density at radius 1 is 0.966 bits per heavy atom. The molecule has 3 atom stereocenters. The Kier molecular flexibility index (Phi) is 6.15. The number of amides is 4. The van der Waals surface area contributed by atoms with Gasteiger partial charge in [0.05, 0.1) is 11.8 Å². The molecule has 2 N–H and O–H groups in total. The third-order valence-corrected chi connectivity index (χ3v) is 5.32. The SMILES string of the molecule is CC(=O)Nc1ccc(NC(=O)C(CC(C)C)N2C(=O)C3CC=CCC3C2=O)cc1. The summed E-state index contributed by atoms with van der Waals surface area (Å²) in [7, 11) is 0. The number of anilines is 2. The van der Waals surface area contributed by atoms with Gasteiger partial charge in [-0.1, -0.05) is 26.0 Å². The lowest BCUT2D eigenvalue weighted by Crippen LogP contribution is -2.48. The van der Waals surface area contributed by atoms with Crippen LogP contribution in [0.25, 0.3) is 0 Å². The lowest BCUT2D eigenvalue weighted by molar-refractivity contribution is -0.147. The van der Waals surface area contributed by atoms with Crippen molar-refractivity contribution in [3.63, 3.8) is 0 Å². The Morgan fingerprint density at radius 3 is 1.90 bits per heavy atom. The first-order valence-electron chi connectivity index (χ1n) is 9.98. The predicted molar refractivity (Wildman–Crippen MR) is 110 cm³/mol. The van der Waals surface area contributed by atoms with Gasteiger partial charge in [-0.2, -0.15) is 0 Å². The zero-order valence-electron chi connectivity index (χ0n) is 17.0. The highest BCUT2D eigenvalue weighted by atomic mass is 16.2. The van der Waals surface area contributed by atoms with Gasteiger partial charge >= 0.3 is 0 Å². The van der Waals surface area contributed by atoms with Crippen molar-refractivity contribution in [2.24, 2.45) is 17.8 Å². The first-order chi connectivity index (χ1) is 13.8. The van der Waals surface area contributed by atoms with Crippen LogP contribution in [-0.2, 0) is 19.2 Å². The van der Waals surface area contributed by atoms with Crippen molar-refractivity contribution in [2.75, 3.05) is 10.6 Å². The number of fused-ring (bicyclic) bond motifs is 1. The Balaban J connectivity index is 1.78. The first kappa shape index (κ1) is 20.8. The average molecular weight is 397 g/mol. The fraction of sp³-hybridized carbons (Fsp3) is 0.455. The molecule has 0 saturated carbocycles. The molecule has 1 aliphatic carbocycles. The standard InChI is InChI=1S/C22H27N3O4/c1-13(2)12-19(25-21(28)17-6-4-5-7-18(17)22(25)29)20(27)24-16-10-8-15(9-11-16)23-14(3)26/h4-5,8-11,13,17-19H,6-7,12H2,1-3H3,(H,23,26)(H,24,27). The summed E-state index contributed by atoms with van der Waals surface area (Å²) in [5.41, 5.74) is 1.16. The molecule has 1 aliphatic heterocycles. The summed E-state index contributed by atoms with van der Waals surface area (Å²) in [5.74, 6) is -1.62. The van der Waals surface area contributed by atoms with E-state index in [1.807, 2.05) is 26.0 Å². The van der Waals surface area contributed by atoms with Crippen molar-refractivity contribution >= 4 is 35.0 Å². The van der Waals surface area contributed by atoms with Crippen LogP contribution >= 0.6 is 0 Å². The quantitative estimate of drug-likeness (QED) is 0.570. The first-order valence-corrected chi connectivity index (χ1v) is 9.98. The molecule has 7 nitrogen and oxygen atoms in total. The fourth-order valence-corrected chi connectivity index (χ4v) is 3.98. The van der Waals surface area contributed by atoms with E-state index in [9.17, 15) is 19.2 Å². The number of hydrogen-bond donors (Lipinski definition) is 2. The summed E-state index contributed by atoms with van der Waals surface area (Å²) in [4.78, 5) is 51.2.